The van der Waals surface area contributed by atoms with Crippen molar-refractivity contribution in [1.82, 2.24) is 24.6 Å². The molecule has 0 saturated heterocycles. The average molecular weight is 444 g/mol. The summed E-state index contributed by atoms with van der Waals surface area (Å²) in [6.07, 6.45) is 2.53. The molecule has 0 saturated carbocycles. The van der Waals surface area contributed by atoms with Crippen molar-refractivity contribution in [2.24, 2.45) is 0 Å². The van der Waals surface area contributed by atoms with Crippen LogP contribution in [0.15, 0.2) is 53.4 Å². The molecule has 1 atom stereocenters. The lowest BCUT2D eigenvalue weighted by molar-refractivity contribution is -0.121. The first-order valence-electron chi connectivity index (χ1n) is 10.4. The molecule has 2 aromatic carbocycles. The topological polar surface area (TPSA) is 97.2 Å². The van der Waals surface area contributed by atoms with Gasteiger partial charge in [0.25, 0.3) is 0 Å². The Hall–Kier alpha value is -2.78. The molecule has 8 nitrogen and oxygen atoms in total. The van der Waals surface area contributed by atoms with Gasteiger partial charge in [0.15, 0.2) is 0 Å². The fourth-order valence-electron chi connectivity index (χ4n) is 3.27. The quantitative estimate of drug-likeness (QED) is 0.486. The summed E-state index contributed by atoms with van der Waals surface area (Å²) in [6.45, 7) is 4.33. The minimum atomic E-state index is -3.82. The molecular weight excluding hydrogens is 414 g/mol. The van der Waals surface area contributed by atoms with Crippen LogP contribution >= 0.6 is 0 Å². The molecule has 31 heavy (non-hydrogen) atoms. The van der Waals surface area contributed by atoms with Crippen LogP contribution < -0.4 is 5.32 Å². The van der Waals surface area contributed by atoms with E-state index in [-0.39, 0.29) is 23.4 Å². The Morgan fingerprint density at radius 1 is 1.19 bits per heavy atom. The van der Waals surface area contributed by atoms with E-state index in [1.165, 1.54) is 24.7 Å². The number of hydrogen-bond acceptors (Lipinski definition) is 5. The number of fused-ring (bicyclic) bond motifs is 1. The van der Waals surface area contributed by atoms with Crippen LogP contribution in [0.4, 0.5) is 0 Å². The van der Waals surface area contributed by atoms with Crippen molar-refractivity contribution in [2.45, 2.75) is 44.0 Å². The lowest BCUT2D eigenvalue weighted by Crippen LogP contribution is -2.38. The van der Waals surface area contributed by atoms with E-state index < -0.39 is 10.0 Å². The van der Waals surface area contributed by atoms with E-state index in [9.17, 15) is 13.2 Å². The lowest BCUT2D eigenvalue weighted by atomic mass is 10.1. The molecule has 1 amide bonds. The average Bonchev–Trinajstić information content (AvgIpc) is 3.20. The Labute approximate surface area is 183 Å². The van der Waals surface area contributed by atoms with Crippen LogP contribution in [0.2, 0.25) is 0 Å². The minimum Gasteiger partial charge on any atom is -0.355 e. The van der Waals surface area contributed by atoms with Crippen LogP contribution in [0.3, 0.4) is 0 Å². The number of sulfonamides is 1. The maximum Gasteiger partial charge on any atom is 0.243 e. The maximum atomic E-state index is 12.9. The van der Waals surface area contributed by atoms with Gasteiger partial charge >= 0.3 is 0 Å². The standard InChI is InChI=1S/C22H29N5O3S/c1-4-17(2)27-21-13-12-19(15-20(21)24-25-27)31(29,30)26(3)16-22(28)23-14-8-11-18-9-6-5-7-10-18/h5-7,9-10,12-13,15,17H,4,8,11,14,16H2,1-3H3,(H,23,28)/t17-/m0/s1. The number of carbonyl (C=O) groups excluding carboxylic acids is 1. The van der Waals surface area contributed by atoms with Gasteiger partial charge in [-0.1, -0.05) is 42.5 Å². The summed E-state index contributed by atoms with van der Waals surface area (Å²) < 4.78 is 28.7. The number of hydrogen-bond donors (Lipinski definition) is 1. The third-order valence-electron chi connectivity index (χ3n) is 5.33. The Bertz CT molecular complexity index is 1130. The molecular formula is C22H29N5O3S. The van der Waals surface area contributed by atoms with Gasteiger partial charge in [0, 0.05) is 13.6 Å². The van der Waals surface area contributed by atoms with E-state index >= 15 is 0 Å². The number of amides is 1. The highest BCUT2D eigenvalue weighted by Gasteiger charge is 2.24. The first kappa shape index (κ1) is 22.9. The number of benzene rings is 2. The highest BCUT2D eigenvalue weighted by molar-refractivity contribution is 7.89. The number of carbonyl (C=O) groups is 1. The Morgan fingerprint density at radius 3 is 2.65 bits per heavy atom. The van der Waals surface area contributed by atoms with Crippen LogP contribution in [0.25, 0.3) is 11.0 Å². The predicted molar refractivity (Wildman–Crippen MR) is 120 cm³/mol. The monoisotopic (exact) mass is 443 g/mol. The first-order valence-corrected chi connectivity index (χ1v) is 11.9. The van der Waals surface area contributed by atoms with Gasteiger partial charge in [-0.25, -0.2) is 13.1 Å². The van der Waals surface area contributed by atoms with Crippen molar-refractivity contribution >= 4 is 27.0 Å². The second kappa shape index (κ2) is 10.0. The van der Waals surface area contributed by atoms with Gasteiger partial charge in [-0.2, -0.15) is 4.31 Å². The van der Waals surface area contributed by atoms with Gasteiger partial charge in [-0.05, 0) is 49.9 Å². The summed E-state index contributed by atoms with van der Waals surface area (Å²) in [5.41, 5.74) is 2.50. The molecule has 9 heteroatoms. The van der Waals surface area contributed by atoms with E-state index in [0.717, 1.165) is 29.1 Å². The van der Waals surface area contributed by atoms with E-state index in [1.54, 1.807) is 10.7 Å². The number of rotatable bonds is 10. The van der Waals surface area contributed by atoms with E-state index in [1.807, 2.05) is 37.3 Å². The van der Waals surface area contributed by atoms with Crippen LogP contribution in [0, 0.1) is 0 Å². The van der Waals surface area contributed by atoms with Crippen molar-refractivity contribution in [1.29, 1.82) is 0 Å². The molecule has 166 valence electrons. The van der Waals surface area contributed by atoms with Crippen LogP contribution in [-0.4, -0.2) is 53.8 Å². The summed E-state index contributed by atoms with van der Waals surface area (Å²) in [7, 11) is -2.42. The molecule has 1 N–H and O–H groups in total. The van der Waals surface area contributed by atoms with Crippen molar-refractivity contribution in [3.8, 4) is 0 Å². The van der Waals surface area contributed by atoms with Crippen LogP contribution in [0.1, 0.15) is 38.3 Å². The summed E-state index contributed by atoms with van der Waals surface area (Å²) in [6, 6.07) is 14.9. The molecule has 3 aromatic rings. The van der Waals surface area contributed by atoms with Crippen molar-refractivity contribution in [3.63, 3.8) is 0 Å². The Kier molecular flexibility index (Phi) is 7.40. The molecule has 0 fully saturated rings. The molecule has 1 heterocycles. The fraction of sp³-hybridized carbons (Fsp3) is 0.409. The summed E-state index contributed by atoms with van der Waals surface area (Å²) >= 11 is 0. The molecule has 3 rings (SSSR count). The molecule has 0 radical (unpaired) electrons. The van der Waals surface area contributed by atoms with E-state index in [2.05, 4.69) is 22.6 Å². The number of nitrogens with one attached hydrogen (secondary N) is 1. The predicted octanol–water partition coefficient (Wildman–Crippen LogP) is 2.77. The van der Waals surface area contributed by atoms with Gasteiger partial charge in [0.1, 0.15) is 5.52 Å². The molecule has 0 aliphatic carbocycles. The van der Waals surface area contributed by atoms with Gasteiger partial charge in [0.2, 0.25) is 15.9 Å². The largest absolute Gasteiger partial charge is 0.355 e. The molecule has 0 aliphatic rings. The molecule has 0 unspecified atom stereocenters. The number of nitrogens with zero attached hydrogens (tertiary/aromatic N) is 4. The third-order valence-corrected chi connectivity index (χ3v) is 7.13. The zero-order valence-corrected chi connectivity index (χ0v) is 19.0. The Morgan fingerprint density at radius 2 is 1.94 bits per heavy atom. The second-order valence-electron chi connectivity index (χ2n) is 7.64. The number of aromatic nitrogens is 3. The van der Waals surface area contributed by atoms with Crippen LogP contribution in [-0.2, 0) is 21.2 Å². The highest BCUT2D eigenvalue weighted by Crippen LogP contribution is 2.22. The van der Waals surface area contributed by atoms with E-state index in [0.29, 0.717) is 12.1 Å². The lowest BCUT2D eigenvalue weighted by Gasteiger charge is -2.17. The normalized spacial score (nSPS) is 12.9. The van der Waals surface area contributed by atoms with Crippen molar-refractivity contribution < 1.29 is 13.2 Å². The number of aryl methyl sites for hydroxylation is 1. The molecule has 0 aliphatic heterocycles. The fourth-order valence-corrected chi connectivity index (χ4v) is 4.42. The van der Waals surface area contributed by atoms with Crippen LogP contribution in [0.5, 0.6) is 0 Å². The zero-order chi connectivity index (χ0) is 22.4. The molecule has 1 aromatic heterocycles. The van der Waals surface area contributed by atoms with E-state index in [4.69, 9.17) is 0 Å². The van der Waals surface area contributed by atoms with Gasteiger partial charge in [-0.3, -0.25) is 4.79 Å². The Balaban J connectivity index is 1.58. The highest BCUT2D eigenvalue weighted by atomic mass is 32.2. The molecule has 0 spiro atoms. The third kappa shape index (κ3) is 5.48. The summed E-state index contributed by atoms with van der Waals surface area (Å²) in [4.78, 5) is 12.3. The maximum absolute atomic E-state index is 12.9. The van der Waals surface area contributed by atoms with Gasteiger partial charge in [0.05, 0.1) is 23.0 Å². The smallest absolute Gasteiger partial charge is 0.243 e. The summed E-state index contributed by atoms with van der Waals surface area (Å²) in [5, 5.41) is 11.0. The molecule has 0 bridgehead atoms. The zero-order valence-electron chi connectivity index (χ0n) is 18.2. The van der Waals surface area contributed by atoms with Gasteiger partial charge in [-0.15, -0.1) is 5.10 Å². The van der Waals surface area contributed by atoms with Crippen molar-refractivity contribution in [2.75, 3.05) is 20.1 Å². The van der Waals surface area contributed by atoms with Gasteiger partial charge < -0.3 is 5.32 Å². The van der Waals surface area contributed by atoms with Crippen molar-refractivity contribution in [3.05, 3.63) is 54.1 Å². The number of likely N-dealkylation sites (N-methyl/N-ethyl adjacent to an activating group) is 1. The second-order valence-corrected chi connectivity index (χ2v) is 9.69. The first-order chi connectivity index (χ1) is 14.8. The minimum absolute atomic E-state index is 0.0931. The summed E-state index contributed by atoms with van der Waals surface area (Å²) in [5.74, 6) is -0.331. The SMILES string of the molecule is CC[C@H](C)n1nnc2cc(S(=O)(=O)N(C)CC(=O)NCCCc3ccccc3)ccc21.